The summed E-state index contributed by atoms with van der Waals surface area (Å²) in [7, 11) is 0. The summed E-state index contributed by atoms with van der Waals surface area (Å²) >= 11 is 3.27. The van der Waals surface area contributed by atoms with Crippen LogP contribution in [0.5, 0.6) is 5.88 Å². The van der Waals surface area contributed by atoms with Gasteiger partial charge in [0, 0.05) is 19.2 Å². The summed E-state index contributed by atoms with van der Waals surface area (Å²) in [6.07, 6.45) is -4.18. The van der Waals surface area contributed by atoms with Crippen LogP contribution in [0, 0.1) is 0 Å². The fourth-order valence-corrected chi connectivity index (χ4v) is 2.30. The van der Waals surface area contributed by atoms with Gasteiger partial charge in [0.1, 0.15) is 12.5 Å². The normalized spacial score (nSPS) is 19.2. The molecule has 1 saturated heterocycles. The fraction of sp³-hybridized carbons (Fsp3) is 0.500. The number of likely N-dealkylation sites (tertiary alicyclic amines) is 1. The van der Waals surface area contributed by atoms with Gasteiger partial charge in [0.15, 0.2) is 0 Å². The van der Waals surface area contributed by atoms with Crippen molar-refractivity contribution in [2.75, 3.05) is 13.1 Å². The summed E-state index contributed by atoms with van der Waals surface area (Å²) < 4.78 is 42.7. The predicted octanol–water partition coefficient (Wildman–Crippen LogP) is 2.78. The van der Waals surface area contributed by atoms with E-state index in [1.54, 1.807) is 18.3 Å². The number of aromatic nitrogens is 1. The van der Waals surface area contributed by atoms with Crippen LogP contribution < -0.4 is 4.74 Å². The van der Waals surface area contributed by atoms with E-state index < -0.39 is 18.5 Å². The maximum atomic E-state index is 12.2. The standard InChI is InChI=1S/C12H12BrF3N2O2/c13-9-2-1-4-17-11(9)20-8-3-5-18(7-8)10(19)6-12(14,15)16/h1-2,4,8H,3,5-7H2/t8-/m1/s1. The van der Waals surface area contributed by atoms with Crippen LogP contribution in [0.4, 0.5) is 13.2 Å². The van der Waals surface area contributed by atoms with Crippen LogP contribution in [0.2, 0.25) is 0 Å². The molecule has 1 aromatic rings. The molecule has 2 rings (SSSR count). The molecule has 0 aliphatic carbocycles. The molecule has 1 aromatic heterocycles. The minimum Gasteiger partial charge on any atom is -0.472 e. The van der Waals surface area contributed by atoms with E-state index in [0.717, 1.165) is 0 Å². The van der Waals surface area contributed by atoms with Gasteiger partial charge in [-0.15, -0.1) is 0 Å². The highest BCUT2D eigenvalue weighted by Crippen LogP contribution is 2.26. The van der Waals surface area contributed by atoms with Crippen LogP contribution in [0.1, 0.15) is 12.8 Å². The Morgan fingerprint density at radius 2 is 2.30 bits per heavy atom. The third-order valence-corrected chi connectivity index (χ3v) is 3.46. The lowest BCUT2D eigenvalue weighted by atomic mass is 10.3. The van der Waals surface area contributed by atoms with Gasteiger partial charge in [-0.25, -0.2) is 4.98 Å². The van der Waals surface area contributed by atoms with Crippen molar-refractivity contribution in [3.8, 4) is 5.88 Å². The van der Waals surface area contributed by atoms with Crippen molar-refractivity contribution in [2.45, 2.75) is 25.1 Å². The van der Waals surface area contributed by atoms with Crippen molar-refractivity contribution in [2.24, 2.45) is 0 Å². The van der Waals surface area contributed by atoms with Crippen LogP contribution in [0.25, 0.3) is 0 Å². The van der Waals surface area contributed by atoms with E-state index in [2.05, 4.69) is 20.9 Å². The molecule has 2 heterocycles. The first-order valence-electron chi connectivity index (χ1n) is 5.97. The van der Waals surface area contributed by atoms with Crippen molar-refractivity contribution in [3.63, 3.8) is 0 Å². The average molecular weight is 353 g/mol. The van der Waals surface area contributed by atoms with Gasteiger partial charge >= 0.3 is 6.18 Å². The maximum absolute atomic E-state index is 12.2. The molecule has 0 bridgehead atoms. The summed E-state index contributed by atoms with van der Waals surface area (Å²) in [5, 5.41) is 0. The third-order valence-electron chi connectivity index (χ3n) is 2.85. The highest BCUT2D eigenvalue weighted by molar-refractivity contribution is 9.10. The van der Waals surface area contributed by atoms with Crippen LogP contribution >= 0.6 is 15.9 Å². The topological polar surface area (TPSA) is 42.4 Å². The van der Waals surface area contributed by atoms with Crippen LogP contribution in [0.15, 0.2) is 22.8 Å². The number of halogens is 4. The first kappa shape index (κ1) is 15.1. The van der Waals surface area contributed by atoms with Crippen molar-refractivity contribution < 1.29 is 22.7 Å². The summed E-state index contributed by atoms with van der Waals surface area (Å²) in [4.78, 5) is 16.6. The van der Waals surface area contributed by atoms with E-state index >= 15 is 0 Å². The molecule has 0 aromatic carbocycles. The third kappa shape index (κ3) is 4.09. The summed E-state index contributed by atoms with van der Waals surface area (Å²) in [5.41, 5.74) is 0. The lowest BCUT2D eigenvalue weighted by molar-refractivity contribution is -0.160. The second-order valence-corrected chi connectivity index (χ2v) is 5.30. The van der Waals surface area contributed by atoms with Gasteiger partial charge in [-0.1, -0.05) is 0 Å². The Bertz CT molecular complexity index is 496. The van der Waals surface area contributed by atoms with E-state index in [4.69, 9.17) is 4.74 Å². The zero-order chi connectivity index (χ0) is 14.8. The smallest absolute Gasteiger partial charge is 0.397 e. The summed E-state index contributed by atoms with van der Waals surface area (Å²) in [6.45, 7) is 0.419. The van der Waals surface area contributed by atoms with E-state index in [0.29, 0.717) is 16.8 Å². The van der Waals surface area contributed by atoms with Crippen molar-refractivity contribution >= 4 is 21.8 Å². The molecule has 0 radical (unpaired) electrons. The Labute approximate surface area is 122 Å². The Hall–Kier alpha value is -1.31. The van der Waals surface area contributed by atoms with E-state index in [9.17, 15) is 18.0 Å². The number of pyridine rings is 1. The van der Waals surface area contributed by atoms with Gasteiger partial charge in [0.2, 0.25) is 11.8 Å². The molecule has 1 fully saturated rings. The number of rotatable bonds is 3. The molecule has 0 saturated carbocycles. The SMILES string of the molecule is O=C(CC(F)(F)F)N1CC[C@@H](Oc2ncccc2Br)C1. The summed E-state index contributed by atoms with van der Waals surface area (Å²) in [5.74, 6) is -0.536. The summed E-state index contributed by atoms with van der Waals surface area (Å²) in [6, 6.07) is 3.48. The fourth-order valence-electron chi connectivity index (χ4n) is 1.95. The van der Waals surface area contributed by atoms with Crippen LogP contribution in [-0.4, -0.2) is 41.2 Å². The monoisotopic (exact) mass is 352 g/mol. The molecule has 110 valence electrons. The molecule has 0 N–H and O–H groups in total. The molecule has 8 heteroatoms. The minimum atomic E-state index is -4.47. The number of ether oxygens (including phenoxy) is 1. The van der Waals surface area contributed by atoms with Crippen LogP contribution in [0.3, 0.4) is 0 Å². The lowest BCUT2D eigenvalue weighted by Crippen LogP contribution is -2.34. The molecule has 4 nitrogen and oxygen atoms in total. The zero-order valence-electron chi connectivity index (χ0n) is 10.4. The average Bonchev–Trinajstić information content (AvgIpc) is 2.79. The zero-order valence-corrected chi connectivity index (χ0v) is 11.9. The van der Waals surface area contributed by atoms with Gasteiger partial charge in [-0.05, 0) is 28.1 Å². The lowest BCUT2D eigenvalue weighted by Gasteiger charge is -2.18. The van der Waals surface area contributed by atoms with Gasteiger partial charge in [0.05, 0.1) is 11.0 Å². The Balaban J connectivity index is 1.90. The second-order valence-electron chi connectivity index (χ2n) is 4.45. The molecule has 1 aliphatic rings. The number of carbonyl (C=O) groups excluding carboxylic acids is 1. The molecular formula is C12H12BrF3N2O2. The number of carbonyl (C=O) groups is 1. The van der Waals surface area contributed by atoms with Gasteiger partial charge in [0.25, 0.3) is 0 Å². The quantitative estimate of drug-likeness (QED) is 0.839. The molecule has 1 atom stereocenters. The van der Waals surface area contributed by atoms with E-state index in [-0.39, 0.29) is 19.2 Å². The Morgan fingerprint density at radius 1 is 1.55 bits per heavy atom. The Morgan fingerprint density at radius 3 is 2.95 bits per heavy atom. The number of hydrogen-bond donors (Lipinski definition) is 0. The van der Waals surface area contributed by atoms with Crippen molar-refractivity contribution in [1.29, 1.82) is 0 Å². The molecule has 0 spiro atoms. The maximum Gasteiger partial charge on any atom is 0.397 e. The van der Waals surface area contributed by atoms with Gasteiger partial charge in [-0.3, -0.25) is 4.79 Å². The number of alkyl halides is 3. The highest BCUT2D eigenvalue weighted by Gasteiger charge is 2.36. The van der Waals surface area contributed by atoms with Crippen molar-refractivity contribution in [3.05, 3.63) is 22.8 Å². The Kier molecular flexibility index (Phi) is 4.52. The molecule has 0 unspecified atom stereocenters. The van der Waals surface area contributed by atoms with E-state index in [1.165, 1.54) is 4.90 Å². The van der Waals surface area contributed by atoms with Crippen LogP contribution in [-0.2, 0) is 4.79 Å². The molecular weight excluding hydrogens is 341 g/mol. The number of nitrogens with zero attached hydrogens (tertiary/aromatic N) is 2. The number of hydrogen-bond acceptors (Lipinski definition) is 3. The van der Waals surface area contributed by atoms with Crippen molar-refractivity contribution in [1.82, 2.24) is 9.88 Å². The van der Waals surface area contributed by atoms with E-state index in [1.807, 2.05) is 0 Å². The number of amides is 1. The molecule has 1 aliphatic heterocycles. The minimum absolute atomic E-state index is 0.151. The van der Waals surface area contributed by atoms with Gasteiger partial charge < -0.3 is 9.64 Å². The molecule has 1 amide bonds. The van der Waals surface area contributed by atoms with Gasteiger partial charge in [-0.2, -0.15) is 13.2 Å². The highest BCUT2D eigenvalue weighted by atomic mass is 79.9. The first-order chi connectivity index (χ1) is 9.35. The second kappa shape index (κ2) is 5.99. The largest absolute Gasteiger partial charge is 0.472 e. The predicted molar refractivity (Wildman–Crippen MR) is 68.2 cm³/mol. The molecule has 20 heavy (non-hydrogen) atoms. The first-order valence-corrected chi connectivity index (χ1v) is 6.76.